The van der Waals surface area contributed by atoms with Crippen LogP contribution in [0.15, 0.2) is 0 Å². The molecule has 0 bridgehead atoms. The highest BCUT2D eigenvalue weighted by atomic mass is 16.4. The van der Waals surface area contributed by atoms with E-state index in [2.05, 4.69) is 10.6 Å². The lowest BCUT2D eigenvalue weighted by molar-refractivity contribution is -0.138. The molecular formula is C11H17N3O4. The summed E-state index contributed by atoms with van der Waals surface area (Å²) >= 11 is 0. The third-order valence-electron chi connectivity index (χ3n) is 3.35. The Kier molecular flexibility index (Phi) is 3.69. The van der Waals surface area contributed by atoms with Crippen molar-refractivity contribution in [2.24, 2.45) is 0 Å². The first-order valence-electron chi connectivity index (χ1n) is 6.12. The van der Waals surface area contributed by atoms with E-state index in [-0.39, 0.29) is 30.4 Å². The van der Waals surface area contributed by atoms with E-state index >= 15 is 0 Å². The lowest BCUT2D eigenvalue weighted by Gasteiger charge is -2.25. The van der Waals surface area contributed by atoms with Crippen molar-refractivity contribution >= 4 is 17.9 Å². The second-order valence-corrected chi connectivity index (χ2v) is 4.74. The van der Waals surface area contributed by atoms with Crippen molar-refractivity contribution in [2.45, 2.75) is 37.8 Å². The molecule has 3 amide bonds. The van der Waals surface area contributed by atoms with Crippen LogP contribution in [0.1, 0.15) is 25.7 Å². The zero-order chi connectivity index (χ0) is 13.1. The Bertz CT molecular complexity index is 371. The fourth-order valence-electron chi connectivity index (χ4n) is 2.48. The van der Waals surface area contributed by atoms with Crippen LogP contribution in [0.25, 0.3) is 0 Å². The van der Waals surface area contributed by atoms with Gasteiger partial charge in [-0.2, -0.15) is 0 Å². The molecule has 3 N–H and O–H groups in total. The van der Waals surface area contributed by atoms with Gasteiger partial charge in [-0.05, 0) is 12.8 Å². The van der Waals surface area contributed by atoms with E-state index in [0.29, 0.717) is 19.5 Å². The molecule has 2 fully saturated rings. The summed E-state index contributed by atoms with van der Waals surface area (Å²) in [5.74, 6) is -0.957. The fraction of sp³-hybridized carbons (Fsp3) is 0.727. The molecule has 0 saturated carbocycles. The Morgan fingerprint density at radius 1 is 1.50 bits per heavy atom. The maximum Gasteiger partial charge on any atom is 0.317 e. The number of carbonyl (C=O) groups is 3. The zero-order valence-corrected chi connectivity index (χ0v) is 10.0. The van der Waals surface area contributed by atoms with Crippen molar-refractivity contribution in [3.63, 3.8) is 0 Å². The minimum atomic E-state index is -0.891. The van der Waals surface area contributed by atoms with Gasteiger partial charge >= 0.3 is 12.0 Å². The van der Waals surface area contributed by atoms with Gasteiger partial charge in [-0.1, -0.05) is 0 Å². The van der Waals surface area contributed by atoms with Gasteiger partial charge < -0.3 is 20.6 Å². The van der Waals surface area contributed by atoms with E-state index in [1.54, 1.807) is 4.90 Å². The van der Waals surface area contributed by atoms with Crippen molar-refractivity contribution in [3.05, 3.63) is 0 Å². The van der Waals surface area contributed by atoms with Gasteiger partial charge in [0.15, 0.2) is 0 Å². The lowest BCUT2D eigenvalue weighted by atomic mass is 10.1. The number of carboxylic acids is 1. The van der Waals surface area contributed by atoms with Crippen LogP contribution in [0.3, 0.4) is 0 Å². The van der Waals surface area contributed by atoms with Crippen LogP contribution in [0.5, 0.6) is 0 Å². The molecule has 0 aromatic heterocycles. The molecule has 0 spiro atoms. The van der Waals surface area contributed by atoms with E-state index in [9.17, 15) is 14.4 Å². The number of carbonyl (C=O) groups excluding carboxylic acids is 2. The van der Waals surface area contributed by atoms with E-state index in [0.717, 1.165) is 12.8 Å². The van der Waals surface area contributed by atoms with Crippen molar-refractivity contribution in [3.8, 4) is 0 Å². The summed E-state index contributed by atoms with van der Waals surface area (Å²) in [5.41, 5.74) is 0. The Morgan fingerprint density at radius 3 is 2.89 bits per heavy atom. The van der Waals surface area contributed by atoms with Gasteiger partial charge in [-0.3, -0.25) is 9.59 Å². The average molecular weight is 255 g/mol. The molecule has 2 saturated heterocycles. The summed E-state index contributed by atoms with van der Waals surface area (Å²) < 4.78 is 0. The highest BCUT2D eigenvalue weighted by molar-refractivity contribution is 5.82. The second kappa shape index (κ2) is 5.24. The monoisotopic (exact) mass is 255 g/mol. The molecule has 2 aliphatic heterocycles. The van der Waals surface area contributed by atoms with Crippen LogP contribution in [-0.2, 0) is 9.59 Å². The Labute approximate surface area is 105 Å². The normalized spacial score (nSPS) is 27.1. The molecule has 0 aromatic rings. The molecule has 0 aliphatic carbocycles. The first kappa shape index (κ1) is 12.7. The minimum absolute atomic E-state index is 0.0186. The SMILES string of the molecule is O=C(O)CC1CCCN1C(=O)NC1CNC(=O)C1. The van der Waals surface area contributed by atoms with Gasteiger partial charge in [-0.25, -0.2) is 4.79 Å². The average Bonchev–Trinajstić information content (AvgIpc) is 2.87. The minimum Gasteiger partial charge on any atom is -0.481 e. The highest BCUT2D eigenvalue weighted by Crippen LogP contribution is 2.20. The summed E-state index contributed by atoms with van der Waals surface area (Å²) in [6, 6.07) is -0.677. The summed E-state index contributed by atoms with van der Waals surface area (Å²) in [4.78, 5) is 35.3. The van der Waals surface area contributed by atoms with Crippen LogP contribution in [-0.4, -0.2) is 53.1 Å². The smallest absolute Gasteiger partial charge is 0.317 e. The topological polar surface area (TPSA) is 98.7 Å². The number of urea groups is 1. The van der Waals surface area contributed by atoms with Crippen molar-refractivity contribution < 1.29 is 19.5 Å². The van der Waals surface area contributed by atoms with Gasteiger partial charge in [0.05, 0.1) is 12.5 Å². The maximum absolute atomic E-state index is 12.0. The van der Waals surface area contributed by atoms with Gasteiger partial charge in [0.25, 0.3) is 0 Å². The first-order chi connectivity index (χ1) is 8.56. The number of rotatable bonds is 3. The number of carboxylic acid groups (broad SMARTS) is 1. The highest BCUT2D eigenvalue weighted by Gasteiger charge is 2.32. The summed E-state index contributed by atoms with van der Waals surface area (Å²) in [6.45, 7) is 1.03. The van der Waals surface area contributed by atoms with Crippen LogP contribution >= 0.6 is 0 Å². The van der Waals surface area contributed by atoms with Crippen LogP contribution in [0.4, 0.5) is 4.79 Å². The molecule has 18 heavy (non-hydrogen) atoms. The molecule has 7 nitrogen and oxygen atoms in total. The Morgan fingerprint density at radius 2 is 2.28 bits per heavy atom. The van der Waals surface area contributed by atoms with Crippen molar-refractivity contribution in [2.75, 3.05) is 13.1 Å². The molecule has 2 unspecified atom stereocenters. The van der Waals surface area contributed by atoms with Crippen LogP contribution in [0, 0.1) is 0 Å². The van der Waals surface area contributed by atoms with E-state index in [1.165, 1.54) is 0 Å². The van der Waals surface area contributed by atoms with Crippen LogP contribution in [0.2, 0.25) is 0 Å². The zero-order valence-electron chi connectivity index (χ0n) is 10.0. The third kappa shape index (κ3) is 2.91. The van der Waals surface area contributed by atoms with E-state index < -0.39 is 5.97 Å². The second-order valence-electron chi connectivity index (χ2n) is 4.74. The first-order valence-corrected chi connectivity index (χ1v) is 6.12. The number of aliphatic carboxylic acids is 1. The Hall–Kier alpha value is -1.79. The third-order valence-corrected chi connectivity index (χ3v) is 3.35. The predicted molar refractivity (Wildman–Crippen MR) is 61.9 cm³/mol. The molecule has 0 radical (unpaired) electrons. The van der Waals surface area contributed by atoms with Gasteiger partial charge in [0, 0.05) is 25.6 Å². The Balaban J connectivity index is 1.87. The number of nitrogens with one attached hydrogen (secondary N) is 2. The summed E-state index contributed by atoms with van der Waals surface area (Å²) in [7, 11) is 0. The fourth-order valence-corrected chi connectivity index (χ4v) is 2.48. The van der Waals surface area contributed by atoms with Gasteiger partial charge in [0.1, 0.15) is 0 Å². The predicted octanol–water partition coefficient (Wildman–Crippen LogP) is -0.476. The molecule has 7 heteroatoms. The molecule has 2 rings (SSSR count). The molecule has 0 aromatic carbocycles. The molecule has 2 atom stereocenters. The van der Waals surface area contributed by atoms with Crippen LogP contribution < -0.4 is 10.6 Å². The standard InChI is InChI=1S/C11H17N3O4/c15-9-4-7(6-12-9)13-11(18)14-3-1-2-8(14)5-10(16)17/h7-8H,1-6H2,(H,12,15)(H,13,18)(H,16,17). The molecule has 100 valence electrons. The van der Waals surface area contributed by atoms with Gasteiger partial charge in [-0.15, -0.1) is 0 Å². The van der Waals surface area contributed by atoms with Crippen molar-refractivity contribution in [1.29, 1.82) is 0 Å². The number of hydrogen-bond acceptors (Lipinski definition) is 3. The largest absolute Gasteiger partial charge is 0.481 e. The molecule has 2 heterocycles. The van der Waals surface area contributed by atoms with E-state index in [1.807, 2.05) is 0 Å². The van der Waals surface area contributed by atoms with Crippen molar-refractivity contribution in [1.82, 2.24) is 15.5 Å². The number of hydrogen-bond donors (Lipinski definition) is 3. The number of amides is 3. The van der Waals surface area contributed by atoms with E-state index in [4.69, 9.17) is 5.11 Å². The van der Waals surface area contributed by atoms with Gasteiger partial charge in [0.2, 0.25) is 5.91 Å². The number of likely N-dealkylation sites (tertiary alicyclic amines) is 1. The maximum atomic E-state index is 12.0. The lowest BCUT2D eigenvalue weighted by Crippen LogP contribution is -2.47. The molecule has 2 aliphatic rings. The summed E-state index contributed by atoms with van der Waals surface area (Å²) in [6.07, 6.45) is 1.83. The molecular weight excluding hydrogens is 238 g/mol. The quantitative estimate of drug-likeness (QED) is 0.634. The summed E-state index contributed by atoms with van der Waals surface area (Å²) in [5, 5.41) is 14.2. The number of nitrogens with zero attached hydrogens (tertiary/aromatic N) is 1.